The summed E-state index contributed by atoms with van der Waals surface area (Å²) in [6.07, 6.45) is 1.82. The first-order valence-corrected chi connectivity index (χ1v) is 10.7. The lowest BCUT2D eigenvalue weighted by molar-refractivity contribution is 0.0348. The first-order chi connectivity index (χ1) is 15.1. The van der Waals surface area contributed by atoms with Gasteiger partial charge in [-0.05, 0) is 48.6 Å². The van der Waals surface area contributed by atoms with Gasteiger partial charge in [-0.3, -0.25) is 9.36 Å². The minimum Gasteiger partial charge on any atom is -0.369 e. The number of fused-ring (bicyclic) bond motifs is 1. The molecule has 1 aromatic heterocycles. The SMILES string of the molecule is Cc1cccc(C2CCC(Cn3c(N)nc4cc(-c5ccccc5)ccc4c3=O)O2)c1. The van der Waals surface area contributed by atoms with Crippen LogP contribution >= 0.6 is 0 Å². The molecule has 5 heteroatoms. The van der Waals surface area contributed by atoms with Crippen LogP contribution < -0.4 is 11.3 Å². The van der Waals surface area contributed by atoms with Crippen molar-refractivity contribution < 1.29 is 4.74 Å². The predicted octanol–water partition coefficient (Wildman–Crippen LogP) is 4.87. The summed E-state index contributed by atoms with van der Waals surface area (Å²) in [4.78, 5) is 17.7. The number of hydrogen-bond acceptors (Lipinski definition) is 4. The second kappa shape index (κ2) is 8.00. The van der Waals surface area contributed by atoms with Crippen molar-refractivity contribution in [3.05, 3.63) is 94.3 Å². The highest BCUT2D eigenvalue weighted by Crippen LogP contribution is 2.33. The molecule has 3 aromatic carbocycles. The highest BCUT2D eigenvalue weighted by molar-refractivity contribution is 5.84. The molecule has 2 N–H and O–H groups in total. The zero-order valence-corrected chi connectivity index (χ0v) is 17.5. The highest BCUT2D eigenvalue weighted by Gasteiger charge is 2.28. The maximum absolute atomic E-state index is 13.2. The standard InChI is InChI=1S/C26H25N3O2/c1-17-6-5-9-20(14-17)24-13-11-21(31-24)16-29-25(30)22-12-10-19(15-23(22)28-26(29)27)18-7-3-2-4-8-18/h2-10,12,14-15,21,24H,11,13,16H2,1H3,(H2,27,28). The van der Waals surface area contributed by atoms with Gasteiger partial charge in [-0.15, -0.1) is 0 Å². The smallest absolute Gasteiger partial charge is 0.262 e. The fraction of sp³-hybridized carbons (Fsp3) is 0.231. The minimum atomic E-state index is -0.121. The van der Waals surface area contributed by atoms with E-state index >= 15 is 0 Å². The van der Waals surface area contributed by atoms with Gasteiger partial charge in [-0.1, -0.05) is 66.2 Å². The summed E-state index contributed by atoms with van der Waals surface area (Å²) in [5.41, 5.74) is 11.2. The third kappa shape index (κ3) is 3.84. The molecule has 0 aliphatic carbocycles. The Morgan fingerprint density at radius 2 is 1.84 bits per heavy atom. The second-order valence-electron chi connectivity index (χ2n) is 8.22. The molecule has 2 heterocycles. The second-order valence-corrected chi connectivity index (χ2v) is 8.22. The van der Waals surface area contributed by atoms with E-state index in [0.29, 0.717) is 17.4 Å². The Labute approximate surface area is 181 Å². The van der Waals surface area contributed by atoms with Gasteiger partial charge < -0.3 is 10.5 Å². The van der Waals surface area contributed by atoms with Crippen LogP contribution in [-0.2, 0) is 11.3 Å². The van der Waals surface area contributed by atoms with Crippen LogP contribution in [-0.4, -0.2) is 15.7 Å². The lowest BCUT2D eigenvalue weighted by Crippen LogP contribution is -2.29. The van der Waals surface area contributed by atoms with E-state index in [-0.39, 0.29) is 23.7 Å². The van der Waals surface area contributed by atoms with Crippen LogP contribution in [0.5, 0.6) is 0 Å². The van der Waals surface area contributed by atoms with Crippen LogP contribution in [0.2, 0.25) is 0 Å². The number of aromatic nitrogens is 2. The predicted molar refractivity (Wildman–Crippen MR) is 124 cm³/mol. The molecule has 2 atom stereocenters. The van der Waals surface area contributed by atoms with Crippen molar-refractivity contribution in [1.29, 1.82) is 0 Å². The molecule has 5 rings (SSSR count). The number of rotatable bonds is 4. The quantitative estimate of drug-likeness (QED) is 0.520. The Kier molecular flexibility index (Phi) is 5.04. The summed E-state index contributed by atoms with van der Waals surface area (Å²) in [6, 6.07) is 24.2. The van der Waals surface area contributed by atoms with E-state index in [4.69, 9.17) is 10.5 Å². The fourth-order valence-corrected chi connectivity index (χ4v) is 4.38. The molecule has 4 aromatic rings. The lowest BCUT2D eigenvalue weighted by atomic mass is 10.0. The summed E-state index contributed by atoms with van der Waals surface area (Å²) in [5.74, 6) is 0.227. The van der Waals surface area contributed by atoms with Crippen LogP contribution in [0.3, 0.4) is 0 Å². The molecule has 0 spiro atoms. The van der Waals surface area contributed by atoms with Gasteiger partial charge in [0.15, 0.2) is 0 Å². The molecule has 0 bridgehead atoms. The number of nitrogens with two attached hydrogens (primary N) is 1. The summed E-state index contributed by atoms with van der Waals surface area (Å²) in [7, 11) is 0. The third-order valence-corrected chi connectivity index (χ3v) is 6.00. The largest absolute Gasteiger partial charge is 0.369 e. The van der Waals surface area contributed by atoms with E-state index in [0.717, 1.165) is 24.0 Å². The maximum atomic E-state index is 13.2. The molecule has 0 radical (unpaired) electrons. The van der Waals surface area contributed by atoms with Crippen molar-refractivity contribution >= 4 is 16.9 Å². The molecule has 1 aliphatic heterocycles. The Morgan fingerprint density at radius 1 is 1.00 bits per heavy atom. The van der Waals surface area contributed by atoms with Crippen molar-refractivity contribution in [2.24, 2.45) is 0 Å². The fourth-order valence-electron chi connectivity index (χ4n) is 4.38. The molecule has 156 valence electrons. The number of hydrogen-bond donors (Lipinski definition) is 1. The van der Waals surface area contributed by atoms with Crippen LogP contribution in [0.4, 0.5) is 5.95 Å². The van der Waals surface area contributed by atoms with Gasteiger partial charge in [-0.25, -0.2) is 4.98 Å². The summed E-state index contributed by atoms with van der Waals surface area (Å²) in [5, 5.41) is 0.571. The zero-order chi connectivity index (χ0) is 21.4. The average Bonchev–Trinajstić information content (AvgIpc) is 3.26. The molecule has 2 unspecified atom stereocenters. The highest BCUT2D eigenvalue weighted by atomic mass is 16.5. The normalized spacial score (nSPS) is 18.5. The number of nitrogen functional groups attached to an aromatic ring is 1. The Bertz CT molecular complexity index is 1300. The lowest BCUT2D eigenvalue weighted by Gasteiger charge is -2.17. The third-order valence-electron chi connectivity index (χ3n) is 6.00. The molecular weight excluding hydrogens is 386 g/mol. The number of anilines is 1. The number of ether oxygens (including phenoxy) is 1. The molecule has 0 saturated carbocycles. The molecule has 1 fully saturated rings. The van der Waals surface area contributed by atoms with E-state index in [1.807, 2.05) is 48.5 Å². The molecule has 1 saturated heterocycles. The average molecular weight is 412 g/mol. The van der Waals surface area contributed by atoms with Crippen molar-refractivity contribution in [2.75, 3.05) is 5.73 Å². The first-order valence-electron chi connectivity index (χ1n) is 10.7. The van der Waals surface area contributed by atoms with Gasteiger partial charge in [0, 0.05) is 0 Å². The Morgan fingerprint density at radius 3 is 2.65 bits per heavy atom. The van der Waals surface area contributed by atoms with E-state index in [9.17, 15) is 4.79 Å². The van der Waals surface area contributed by atoms with Crippen molar-refractivity contribution in [3.8, 4) is 11.1 Å². The number of nitrogens with zero attached hydrogens (tertiary/aromatic N) is 2. The van der Waals surface area contributed by atoms with E-state index in [1.54, 1.807) is 4.57 Å². The Hall–Kier alpha value is -3.44. The molecule has 31 heavy (non-hydrogen) atoms. The van der Waals surface area contributed by atoms with Crippen LogP contribution in [0, 0.1) is 6.92 Å². The molecule has 5 nitrogen and oxygen atoms in total. The van der Waals surface area contributed by atoms with Gasteiger partial charge in [0.05, 0.1) is 29.7 Å². The Balaban J connectivity index is 1.41. The van der Waals surface area contributed by atoms with Gasteiger partial charge in [0.2, 0.25) is 5.95 Å². The number of benzene rings is 3. The topological polar surface area (TPSA) is 70.1 Å². The summed E-state index contributed by atoms with van der Waals surface area (Å²) < 4.78 is 7.81. The summed E-state index contributed by atoms with van der Waals surface area (Å²) in [6.45, 7) is 2.50. The van der Waals surface area contributed by atoms with Crippen molar-refractivity contribution in [1.82, 2.24) is 9.55 Å². The number of aryl methyl sites for hydroxylation is 1. The molecular formula is C26H25N3O2. The van der Waals surface area contributed by atoms with Gasteiger partial charge >= 0.3 is 0 Å². The van der Waals surface area contributed by atoms with E-state index < -0.39 is 0 Å². The van der Waals surface area contributed by atoms with Gasteiger partial charge in [0.25, 0.3) is 5.56 Å². The van der Waals surface area contributed by atoms with Crippen LogP contribution in [0.25, 0.3) is 22.0 Å². The van der Waals surface area contributed by atoms with Crippen LogP contribution in [0.15, 0.2) is 77.6 Å². The maximum Gasteiger partial charge on any atom is 0.262 e. The minimum absolute atomic E-state index is 0.0590. The van der Waals surface area contributed by atoms with Gasteiger partial charge in [-0.2, -0.15) is 0 Å². The van der Waals surface area contributed by atoms with E-state index in [1.165, 1.54) is 11.1 Å². The monoisotopic (exact) mass is 411 g/mol. The molecule has 0 amide bonds. The molecule has 1 aliphatic rings. The van der Waals surface area contributed by atoms with Gasteiger partial charge in [0.1, 0.15) is 0 Å². The van der Waals surface area contributed by atoms with Crippen LogP contribution in [0.1, 0.15) is 30.1 Å². The first kappa shape index (κ1) is 19.5. The van der Waals surface area contributed by atoms with E-state index in [2.05, 4.69) is 36.2 Å². The zero-order valence-electron chi connectivity index (χ0n) is 17.5. The van der Waals surface area contributed by atoms with Crippen molar-refractivity contribution in [2.45, 2.75) is 38.5 Å². The van der Waals surface area contributed by atoms with Crippen molar-refractivity contribution in [3.63, 3.8) is 0 Å². The summed E-state index contributed by atoms with van der Waals surface area (Å²) >= 11 is 0.